The number of nitrogens with one attached hydrogen (secondary N) is 2. The molecule has 0 bridgehead atoms. The topological polar surface area (TPSA) is 87.6 Å². The number of para-hydroxylation sites is 1. The van der Waals surface area contributed by atoms with Crippen molar-refractivity contribution in [1.82, 2.24) is 5.32 Å². The number of amides is 1. The number of rotatable bonds is 4. The van der Waals surface area contributed by atoms with Gasteiger partial charge in [0.15, 0.2) is 5.17 Å². The third kappa shape index (κ3) is 4.65. The van der Waals surface area contributed by atoms with Gasteiger partial charge in [-0.1, -0.05) is 30.0 Å². The molecule has 2 aromatic rings. The second-order valence-electron chi connectivity index (χ2n) is 5.67. The third-order valence-electron chi connectivity index (χ3n) is 3.69. The number of halogens is 3. The monoisotopic (exact) mass is 429 g/mol. The lowest BCUT2D eigenvalue weighted by Gasteiger charge is -2.14. The zero-order chi connectivity index (χ0) is 20.4. The minimum absolute atomic E-state index is 0.0215. The van der Waals surface area contributed by atoms with E-state index < -0.39 is 32.6 Å². The van der Waals surface area contributed by atoms with Crippen LogP contribution < -0.4 is 10.0 Å². The molecule has 0 aliphatic carbocycles. The third-order valence-corrected chi connectivity index (χ3v) is 5.95. The molecule has 28 heavy (non-hydrogen) atoms. The van der Waals surface area contributed by atoms with Gasteiger partial charge < -0.3 is 5.32 Å². The maximum Gasteiger partial charge on any atom is 0.416 e. The second kappa shape index (κ2) is 7.84. The number of nitrogens with zero attached hydrogens (tertiary/aromatic N) is 1. The lowest BCUT2D eigenvalue weighted by molar-refractivity contribution is -0.137. The molecule has 148 valence electrons. The van der Waals surface area contributed by atoms with Gasteiger partial charge in [0.2, 0.25) is 0 Å². The number of anilines is 1. The van der Waals surface area contributed by atoms with E-state index in [2.05, 4.69) is 15.0 Å². The van der Waals surface area contributed by atoms with E-state index in [0.29, 0.717) is 17.8 Å². The number of thioether (sulfide) groups is 1. The molecule has 0 radical (unpaired) electrons. The van der Waals surface area contributed by atoms with Gasteiger partial charge in [-0.3, -0.25) is 14.5 Å². The van der Waals surface area contributed by atoms with Crippen molar-refractivity contribution in [2.24, 2.45) is 4.99 Å². The first kappa shape index (κ1) is 20.2. The Hall–Kier alpha value is -2.53. The standard InChI is InChI=1S/C17H14F3N3O3S2/c18-17(19,20)11-4-3-5-12(10-11)28(25,26)23-14-7-2-1-6-13(14)15(24)22-16-21-8-9-27-16/h1-7,10,23H,8-9H2,(H,21,22,24). The SMILES string of the molecule is O=C(NC1=NCCS1)c1ccccc1NS(=O)(=O)c1cccc(C(F)(F)F)c1. The molecule has 0 saturated heterocycles. The summed E-state index contributed by atoms with van der Waals surface area (Å²) < 4.78 is 65.9. The summed E-state index contributed by atoms with van der Waals surface area (Å²) in [5.74, 6) is 0.162. The van der Waals surface area contributed by atoms with Crippen LogP contribution in [0, 0.1) is 0 Å². The summed E-state index contributed by atoms with van der Waals surface area (Å²) in [6, 6.07) is 9.16. The van der Waals surface area contributed by atoms with Gasteiger partial charge in [-0.05, 0) is 30.3 Å². The molecular weight excluding hydrogens is 415 g/mol. The Morgan fingerprint density at radius 2 is 1.86 bits per heavy atom. The molecule has 0 unspecified atom stereocenters. The molecule has 2 aromatic carbocycles. The lowest BCUT2D eigenvalue weighted by atomic mass is 10.2. The van der Waals surface area contributed by atoms with Gasteiger partial charge in [-0.2, -0.15) is 13.2 Å². The molecular formula is C17H14F3N3O3S2. The fourth-order valence-corrected chi connectivity index (χ4v) is 4.24. The van der Waals surface area contributed by atoms with E-state index in [1.807, 2.05) is 0 Å². The molecule has 0 atom stereocenters. The van der Waals surface area contributed by atoms with Crippen LogP contribution in [0.5, 0.6) is 0 Å². The minimum Gasteiger partial charge on any atom is -0.301 e. The summed E-state index contributed by atoms with van der Waals surface area (Å²) in [6.07, 6.45) is -4.68. The quantitative estimate of drug-likeness (QED) is 0.781. The summed E-state index contributed by atoms with van der Waals surface area (Å²) in [4.78, 5) is 16.0. The van der Waals surface area contributed by atoms with Crippen LogP contribution in [0.1, 0.15) is 15.9 Å². The number of hydrogen-bond donors (Lipinski definition) is 2. The zero-order valence-corrected chi connectivity index (χ0v) is 15.8. The Bertz CT molecular complexity index is 1040. The van der Waals surface area contributed by atoms with Gasteiger partial charge in [0, 0.05) is 5.75 Å². The molecule has 3 rings (SSSR count). The average molecular weight is 429 g/mol. The van der Waals surface area contributed by atoms with Gasteiger partial charge in [-0.15, -0.1) is 0 Å². The van der Waals surface area contributed by atoms with Crippen molar-refractivity contribution in [3.8, 4) is 0 Å². The highest BCUT2D eigenvalue weighted by Gasteiger charge is 2.32. The molecule has 0 saturated carbocycles. The minimum atomic E-state index is -4.68. The number of sulfonamides is 1. The summed E-state index contributed by atoms with van der Waals surface area (Å²) >= 11 is 1.36. The molecule has 1 aliphatic heterocycles. The molecule has 1 amide bonds. The van der Waals surface area contributed by atoms with Gasteiger partial charge in [0.05, 0.1) is 28.3 Å². The summed E-state index contributed by atoms with van der Waals surface area (Å²) in [5, 5.41) is 3.01. The fraction of sp³-hybridized carbons (Fsp3) is 0.176. The van der Waals surface area contributed by atoms with Gasteiger partial charge >= 0.3 is 6.18 Å². The average Bonchev–Trinajstić information content (AvgIpc) is 3.14. The van der Waals surface area contributed by atoms with E-state index in [1.165, 1.54) is 30.0 Å². The molecule has 6 nitrogen and oxygen atoms in total. The van der Waals surface area contributed by atoms with Crippen LogP contribution in [-0.2, 0) is 16.2 Å². The summed E-state index contributed by atoms with van der Waals surface area (Å²) in [7, 11) is -4.34. The van der Waals surface area contributed by atoms with Crippen LogP contribution >= 0.6 is 11.8 Å². The van der Waals surface area contributed by atoms with Crippen LogP contribution in [0.4, 0.5) is 18.9 Å². The molecule has 2 N–H and O–H groups in total. The normalized spacial score (nSPS) is 14.5. The Morgan fingerprint density at radius 3 is 2.54 bits per heavy atom. The highest BCUT2D eigenvalue weighted by atomic mass is 32.2. The number of carbonyl (C=O) groups excluding carboxylic acids is 1. The first-order valence-electron chi connectivity index (χ1n) is 7.94. The van der Waals surface area contributed by atoms with Crippen LogP contribution in [0.25, 0.3) is 0 Å². The molecule has 1 heterocycles. The summed E-state index contributed by atoms with van der Waals surface area (Å²) in [5.41, 5.74) is -1.12. The molecule has 0 spiro atoms. The second-order valence-corrected chi connectivity index (χ2v) is 8.43. The largest absolute Gasteiger partial charge is 0.416 e. The number of benzene rings is 2. The van der Waals surface area contributed by atoms with E-state index >= 15 is 0 Å². The van der Waals surface area contributed by atoms with Crippen molar-refractivity contribution >= 4 is 38.5 Å². The van der Waals surface area contributed by atoms with Gasteiger partial charge in [-0.25, -0.2) is 8.42 Å². The lowest BCUT2D eigenvalue weighted by Crippen LogP contribution is -2.28. The Labute approximate surface area is 163 Å². The number of hydrogen-bond acceptors (Lipinski definition) is 5. The Morgan fingerprint density at radius 1 is 1.11 bits per heavy atom. The van der Waals surface area contributed by atoms with Crippen molar-refractivity contribution in [2.75, 3.05) is 17.0 Å². The smallest absolute Gasteiger partial charge is 0.301 e. The molecule has 0 aromatic heterocycles. The van der Waals surface area contributed by atoms with Crippen molar-refractivity contribution in [2.45, 2.75) is 11.1 Å². The van der Waals surface area contributed by atoms with E-state index in [-0.39, 0.29) is 11.3 Å². The van der Waals surface area contributed by atoms with Crippen molar-refractivity contribution in [3.05, 3.63) is 59.7 Å². The predicted octanol–water partition coefficient (Wildman–Crippen LogP) is 3.34. The summed E-state index contributed by atoms with van der Waals surface area (Å²) in [6.45, 7) is 0.574. The van der Waals surface area contributed by atoms with Gasteiger partial charge in [0.25, 0.3) is 15.9 Å². The van der Waals surface area contributed by atoms with Crippen molar-refractivity contribution in [1.29, 1.82) is 0 Å². The zero-order valence-electron chi connectivity index (χ0n) is 14.2. The van der Waals surface area contributed by atoms with Crippen LogP contribution in [0.2, 0.25) is 0 Å². The number of alkyl halides is 3. The highest BCUT2D eigenvalue weighted by Crippen LogP contribution is 2.31. The van der Waals surface area contributed by atoms with E-state index in [4.69, 9.17) is 0 Å². The highest BCUT2D eigenvalue weighted by molar-refractivity contribution is 8.14. The van der Waals surface area contributed by atoms with Gasteiger partial charge in [0.1, 0.15) is 0 Å². The maximum atomic E-state index is 12.9. The van der Waals surface area contributed by atoms with Crippen LogP contribution in [-0.4, -0.2) is 31.8 Å². The maximum absolute atomic E-state index is 12.9. The van der Waals surface area contributed by atoms with Crippen LogP contribution in [0.3, 0.4) is 0 Å². The first-order valence-corrected chi connectivity index (χ1v) is 10.4. The predicted molar refractivity (Wildman–Crippen MR) is 101 cm³/mol. The fourth-order valence-electron chi connectivity index (χ4n) is 2.39. The first-order chi connectivity index (χ1) is 13.2. The number of aliphatic imine (C=N–C) groups is 1. The van der Waals surface area contributed by atoms with Crippen molar-refractivity contribution in [3.63, 3.8) is 0 Å². The molecule has 1 aliphatic rings. The Balaban J connectivity index is 1.88. The van der Waals surface area contributed by atoms with Crippen LogP contribution in [0.15, 0.2) is 58.4 Å². The van der Waals surface area contributed by atoms with E-state index in [9.17, 15) is 26.4 Å². The Kier molecular flexibility index (Phi) is 5.66. The number of carbonyl (C=O) groups is 1. The van der Waals surface area contributed by atoms with E-state index in [0.717, 1.165) is 24.0 Å². The van der Waals surface area contributed by atoms with E-state index in [1.54, 1.807) is 6.07 Å². The van der Waals surface area contributed by atoms with Crippen molar-refractivity contribution < 1.29 is 26.4 Å². The number of amidine groups is 1. The molecule has 0 fully saturated rings. The molecule has 11 heteroatoms.